The van der Waals surface area contributed by atoms with Crippen molar-refractivity contribution in [3.63, 3.8) is 0 Å². The van der Waals surface area contributed by atoms with E-state index in [0.29, 0.717) is 18.3 Å². The highest BCUT2D eigenvalue weighted by Gasteiger charge is 2.26. The van der Waals surface area contributed by atoms with Gasteiger partial charge >= 0.3 is 0 Å². The van der Waals surface area contributed by atoms with Gasteiger partial charge in [-0.2, -0.15) is 4.98 Å². The molecule has 0 spiro atoms. The second kappa shape index (κ2) is 8.88. The minimum absolute atomic E-state index is 0.0340. The molecule has 2 aromatic carbocycles. The predicted octanol–water partition coefficient (Wildman–Crippen LogP) is 4.66. The number of hydrogen-bond acceptors (Lipinski definition) is 5. The molecule has 3 aromatic rings. The number of hydrogen-bond donors (Lipinski definition) is 1. The molecular weight excluding hydrogens is 432 g/mol. The van der Waals surface area contributed by atoms with Gasteiger partial charge in [0.2, 0.25) is 17.6 Å². The first-order valence-corrected chi connectivity index (χ1v) is 10.5. The van der Waals surface area contributed by atoms with Crippen molar-refractivity contribution >= 4 is 27.5 Å². The van der Waals surface area contributed by atoms with Crippen molar-refractivity contribution in [2.75, 3.05) is 18.4 Å². The fourth-order valence-electron chi connectivity index (χ4n) is 3.58. The molecule has 0 saturated carbocycles. The van der Waals surface area contributed by atoms with Crippen molar-refractivity contribution in [3.8, 4) is 11.4 Å². The average Bonchev–Trinajstić information content (AvgIpc) is 3.17. The lowest BCUT2D eigenvalue weighted by Crippen LogP contribution is -2.37. The topological polar surface area (TPSA) is 71.3 Å². The largest absolute Gasteiger partial charge is 0.338 e. The highest BCUT2D eigenvalue weighted by atomic mass is 79.9. The monoisotopic (exact) mass is 454 g/mol. The van der Waals surface area contributed by atoms with Crippen LogP contribution in [0.25, 0.3) is 11.4 Å². The Morgan fingerprint density at radius 2 is 2.00 bits per heavy atom. The summed E-state index contributed by atoms with van der Waals surface area (Å²) in [6.07, 6.45) is 1.65. The molecule has 7 heteroatoms. The Balaban J connectivity index is 1.29. The van der Waals surface area contributed by atoms with Crippen molar-refractivity contribution in [1.29, 1.82) is 0 Å². The number of carbonyl (C=O) groups is 1. The molecule has 1 N–H and O–H groups in total. The predicted molar refractivity (Wildman–Crippen MR) is 115 cm³/mol. The van der Waals surface area contributed by atoms with Gasteiger partial charge in [0, 0.05) is 21.6 Å². The minimum atomic E-state index is 0.0340. The molecule has 1 amide bonds. The SMILES string of the molecule is Cc1cccc(NC(=O)C2CCN(Cc3nc(-c4cccc(Br)c4)no3)CC2)c1. The highest BCUT2D eigenvalue weighted by Crippen LogP contribution is 2.23. The Hall–Kier alpha value is -2.51. The van der Waals surface area contributed by atoms with Gasteiger partial charge < -0.3 is 9.84 Å². The van der Waals surface area contributed by atoms with Crippen molar-refractivity contribution in [2.45, 2.75) is 26.3 Å². The Bertz CT molecular complexity index is 996. The van der Waals surface area contributed by atoms with Crippen LogP contribution in [0.3, 0.4) is 0 Å². The smallest absolute Gasteiger partial charge is 0.241 e. The van der Waals surface area contributed by atoms with Crippen LogP contribution in [0.4, 0.5) is 5.69 Å². The zero-order valence-corrected chi connectivity index (χ0v) is 17.9. The second-order valence-corrected chi connectivity index (χ2v) is 8.35. The van der Waals surface area contributed by atoms with Crippen LogP contribution in [-0.2, 0) is 11.3 Å². The molecule has 0 radical (unpaired) electrons. The molecule has 0 aliphatic carbocycles. The Morgan fingerprint density at radius 1 is 1.21 bits per heavy atom. The molecule has 1 aliphatic rings. The van der Waals surface area contributed by atoms with Crippen LogP contribution in [0, 0.1) is 12.8 Å². The number of rotatable bonds is 5. The number of likely N-dealkylation sites (tertiary alicyclic amines) is 1. The van der Waals surface area contributed by atoms with Crippen LogP contribution >= 0.6 is 15.9 Å². The van der Waals surface area contributed by atoms with Gasteiger partial charge in [-0.15, -0.1) is 0 Å². The molecular formula is C22H23BrN4O2. The Morgan fingerprint density at radius 3 is 2.76 bits per heavy atom. The van der Waals surface area contributed by atoms with Crippen molar-refractivity contribution in [3.05, 3.63) is 64.5 Å². The van der Waals surface area contributed by atoms with Gasteiger partial charge in [0.1, 0.15) is 0 Å². The van der Waals surface area contributed by atoms with E-state index in [4.69, 9.17) is 4.52 Å². The fraction of sp³-hybridized carbons (Fsp3) is 0.318. The van der Waals surface area contributed by atoms with Gasteiger partial charge in [0.05, 0.1) is 6.54 Å². The number of carbonyl (C=O) groups excluding carboxylic acids is 1. The van der Waals surface area contributed by atoms with E-state index < -0.39 is 0 Å². The van der Waals surface area contributed by atoms with Gasteiger partial charge in [0.15, 0.2) is 0 Å². The summed E-state index contributed by atoms with van der Waals surface area (Å²) in [5.41, 5.74) is 2.92. The lowest BCUT2D eigenvalue weighted by atomic mass is 9.96. The van der Waals surface area contributed by atoms with E-state index in [0.717, 1.165) is 47.2 Å². The zero-order valence-electron chi connectivity index (χ0n) is 16.3. The summed E-state index contributed by atoms with van der Waals surface area (Å²) in [7, 11) is 0. The number of nitrogens with zero attached hydrogens (tertiary/aromatic N) is 3. The van der Waals surface area contributed by atoms with Gasteiger partial charge in [-0.05, 0) is 62.7 Å². The first kappa shape index (κ1) is 19.8. The molecule has 150 valence electrons. The third-order valence-electron chi connectivity index (χ3n) is 5.15. The van der Waals surface area contributed by atoms with E-state index in [-0.39, 0.29) is 11.8 Å². The Kier molecular flexibility index (Phi) is 6.06. The first-order valence-electron chi connectivity index (χ1n) is 9.75. The highest BCUT2D eigenvalue weighted by molar-refractivity contribution is 9.10. The van der Waals surface area contributed by atoms with E-state index in [1.54, 1.807) is 0 Å². The molecule has 1 aromatic heterocycles. The summed E-state index contributed by atoms with van der Waals surface area (Å²) < 4.78 is 6.41. The number of anilines is 1. The normalized spacial score (nSPS) is 15.4. The zero-order chi connectivity index (χ0) is 20.2. The molecule has 1 fully saturated rings. The average molecular weight is 455 g/mol. The van der Waals surface area contributed by atoms with Crippen LogP contribution in [0.5, 0.6) is 0 Å². The van der Waals surface area contributed by atoms with Gasteiger partial charge in [0.25, 0.3) is 0 Å². The van der Waals surface area contributed by atoms with Crippen molar-refractivity contribution in [2.24, 2.45) is 5.92 Å². The summed E-state index contributed by atoms with van der Waals surface area (Å²) in [5, 5.41) is 7.13. The van der Waals surface area contributed by atoms with E-state index in [2.05, 4.69) is 36.3 Å². The van der Waals surface area contributed by atoms with Crippen LogP contribution < -0.4 is 5.32 Å². The van der Waals surface area contributed by atoms with Gasteiger partial charge in [-0.25, -0.2) is 0 Å². The number of piperidine rings is 1. The molecule has 0 bridgehead atoms. The lowest BCUT2D eigenvalue weighted by molar-refractivity contribution is -0.121. The summed E-state index contributed by atoms with van der Waals surface area (Å²) in [4.78, 5) is 19.3. The number of halogens is 1. The fourth-order valence-corrected chi connectivity index (χ4v) is 3.97. The second-order valence-electron chi connectivity index (χ2n) is 7.43. The molecule has 0 unspecified atom stereocenters. The summed E-state index contributed by atoms with van der Waals surface area (Å²) in [6.45, 7) is 4.29. The van der Waals surface area contributed by atoms with Gasteiger partial charge in [-0.1, -0.05) is 45.4 Å². The number of nitrogens with one attached hydrogen (secondary N) is 1. The van der Waals surface area contributed by atoms with E-state index >= 15 is 0 Å². The number of benzene rings is 2. The maximum absolute atomic E-state index is 12.6. The molecule has 6 nitrogen and oxygen atoms in total. The van der Waals surface area contributed by atoms with Crippen LogP contribution in [0.15, 0.2) is 57.5 Å². The molecule has 29 heavy (non-hydrogen) atoms. The van der Waals surface area contributed by atoms with E-state index in [1.165, 1.54) is 0 Å². The summed E-state index contributed by atoms with van der Waals surface area (Å²) in [6, 6.07) is 15.7. The van der Waals surface area contributed by atoms with Crippen molar-refractivity contribution in [1.82, 2.24) is 15.0 Å². The maximum Gasteiger partial charge on any atom is 0.241 e. The summed E-state index contributed by atoms with van der Waals surface area (Å²) in [5.74, 6) is 1.33. The van der Waals surface area contributed by atoms with Crippen LogP contribution in [0.1, 0.15) is 24.3 Å². The third kappa shape index (κ3) is 5.10. The maximum atomic E-state index is 12.6. The molecule has 1 saturated heterocycles. The molecule has 2 heterocycles. The van der Waals surface area contributed by atoms with Gasteiger partial charge in [-0.3, -0.25) is 9.69 Å². The standard InChI is InChI=1S/C22H23BrN4O2/c1-15-4-2-7-19(12-15)24-22(28)16-8-10-27(11-9-16)14-20-25-21(26-29-20)17-5-3-6-18(23)13-17/h2-7,12-13,16H,8-11,14H2,1H3,(H,24,28). The van der Waals surface area contributed by atoms with Crippen LogP contribution in [0.2, 0.25) is 0 Å². The van der Waals surface area contributed by atoms with E-state index in [1.807, 2.05) is 55.5 Å². The van der Waals surface area contributed by atoms with E-state index in [9.17, 15) is 4.79 Å². The Labute approximate surface area is 178 Å². The molecule has 4 rings (SSSR count). The minimum Gasteiger partial charge on any atom is -0.338 e. The molecule has 1 aliphatic heterocycles. The van der Waals surface area contributed by atoms with Crippen LogP contribution in [-0.4, -0.2) is 34.0 Å². The first-order chi connectivity index (χ1) is 14.1. The summed E-state index contributed by atoms with van der Waals surface area (Å²) >= 11 is 3.46. The lowest BCUT2D eigenvalue weighted by Gasteiger charge is -2.30. The quantitative estimate of drug-likeness (QED) is 0.606. The number of aryl methyl sites for hydroxylation is 1. The third-order valence-corrected chi connectivity index (χ3v) is 5.65. The van der Waals surface area contributed by atoms with Crippen molar-refractivity contribution < 1.29 is 9.32 Å². The number of aromatic nitrogens is 2. The number of amides is 1. The molecule has 0 atom stereocenters.